The van der Waals surface area contributed by atoms with Gasteiger partial charge in [-0.3, -0.25) is 9.48 Å². The average molecular weight is 333 g/mol. The van der Waals surface area contributed by atoms with Crippen LogP contribution in [0.3, 0.4) is 0 Å². The molecule has 2 rings (SSSR count). The summed E-state index contributed by atoms with van der Waals surface area (Å²) < 4.78 is 44.6. The van der Waals surface area contributed by atoms with Crippen LogP contribution in [0.4, 0.5) is 13.2 Å². The maximum absolute atomic E-state index is 12.7. The zero-order chi connectivity index (χ0) is 17.0. The lowest BCUT2D eigenvalue weighted by molar-refractivity contribution is -0.148. The number of methoxy groups -OCH3 is 1. The van der Waals surface area contributed by atoms with Gasteiger partial charge in [0.15, 0.2) is 0 Å². The first-order valence-corrected chi connectivity index (χ1v) is 7.69. The van der Waals surface area contributed by atoms with Gasteiger partial charge >= 0.3 is 6.18 Å². The van der Waals surface area contributed by atoms with Crippen molar-refractivity contribution >= 4 is 5.91 Å². The Balaban J connectivity index is 2.08. The lowest BCUT2D eigenvalue weighted by Gasteiger charge is -2.32. The van der Waals surface area contributed by atoms with Crippen molar-refractivity contribution < 1.29 is 22.7 Å². The number of ether oxygens (including phenoxy) is 1. The van der Waals surface area contributed by atoms with Crippen LogP contribution in [-0.2, 0) is 18.4 Å². The fourth-order valence-corrected chi connectivity index (χ4v) is 3.15. The van der Waals surface area contributed by atoms with Crippen LogP contribution < -0.4 is 5.32 Å². The summed E-state index contributed by atoms with van der Waals surface area (Å²) in [7, 11) is 3.18. The van der Waals surface area contributed by atoms with Gasteiger partial charge in [0, 0.05) is 32.8 Å². The molecule has 5 nitrogen and oxygen atoms in total. The maximum atomic E-state index is 12.7. The van der Waals surface area contributed by atoms with Gasteiger partial charge in [-0.05, 0) is 18.8 Å². The summed E-state index contributed by atoms with van der Waals surface area (Å²) >= 11 is 0. The van der Waals surface area contributed by atoms with Crippen molar-refractivity contribution in [3.8, 4) is 0 Å². The Morgan fingerprint density at radius 3 is 2.78 bits per heavy atom. The van der Waals surface area contributed by atoms with Gasteiger partial charge in [-0.15, -0.1) is 0 Å². The number of carbonyl (C=O) groups is 1. The molecule has 1 aliphatic carbocycles. The fraction of sp³-hybridized carbons (Fsp3) is 0.733. The number of aryl methyl sites for hydroxylation is 1. The predicted molar refractivity (Wildman–Crippen MR) is 77.8 cm³/mol. The lowest BCUT2D eigenvalue weighted by atomic mass is 9.82. The Hall–Kier alpha value is -1.57. The first kappa shape index (κ1) is 17.8. The molecule has 0 aromatic carbocycles. The quantitative estimate of drug-likeness (QED) is 0.901. The van der Waals surface area contributed by atoms with E-state index in [1.807, 2.05) is 0 Å². The third-order valence-corrected chi connectivity index (χ3v) is 4.15. The van der Waals surface area contributed by atoms with Gasteiger partial charge in [0.1, 0.15) is 5.69 Å². The van der Waals surface area contributed by atoms with Crippen molar-refractivity contribution in [2.75, 3.05) is 7.11 Å². The number of carbonyl (C=O) groups excluding carboxylic acids is 1. The summed E-state index contributed by atoms with van der Waals surface area (Å²) in [6.07, 6.45) is -0.831. The zero-order valence-electron chi connectivity index (χ0n) is 13.3. The van der Waals surface area contributed by atoms with E-state index in [1.165, 1.54) is 11.8 Å². The maximum Gasteiger partial charge on any atom is 0.389 e. The third kappa shape index (κ3) is 4.95. The van der Waals surface area contributed by atoms with Crippen LogP contribution >= 0.6 is 0 Å². The molecule has 1 fully saturated rings. The SMILES string of the molecule is COCc1nn(C)cc1C(=O)N[C@H]1CCCC[C@H]1CC(F)(F)F. The highest BCUT2D eigenvalue weighted by molar-refractivity contribution is 5.95. The number of aromatic nitrogens is 2. The normalized spacial score (nSPS) is 22.1. The number of rotatable bonds is 5. The number of amides is 1. The second-order valence-corrected chi connectivity index (χ2v) is 6.04. The summed E-state index contributed by atoms with van der Waals surface area (Å²) in [5, 5.41) is 6.92. The van der Waals surface area contributed by atoms with Crippen LogP contribution in [0.5, 0.6) is 0 Å². The van der Waals surface area contributed by atoms with Gasteiger partial charge in [-0.1, -0.05) is 12.8 Å². The minimum Gasteiger partial charge on any atom is -0.378 e. The molecule has 1 N–H and O–H groups in total. The molecule has 2 atom stereocenters. The first-order chi connectivity index (χ1) is 10.8. The predicted octanol–water partition coefficient (Wildman–Crippen LogP) is 2.81. The third-order valence-electron chi connectivity index (χ3n) is 4.15. The van der Waals surface area contributed by atoms with E-state index in [0.717, 1.165) is 12.8 Å². The molecular formula is C15H22F3N3O2. The molecule has 0 aliphatic heterocycles. The standard InChI is InChI=1S/C15H22F3N3O2/c1-21-8-11(13(20-21)9-23-2)14(22)19-12-6-4-3-5-10(12)7-15(16,17)18/h8,10,12H,3-7,9H2,1-2H3,(H,19,22)/t10-,12-/m0/s1. The van der Waals surface area contributed by atoms with Gasteiger partial charge in [0.25, 0.3) is 5.91 Å². The first-order valence-electron chi connectivity index (χ1n) is 7.69. The molecule has 1 saturated carbocycles. The minimum absolute atomic E-state index is 0.181. The smallest absolute Gasteiger partial charge is 0.378 e. The molecule has 0 bridgehead atoms. The molecular weight excluding hydrogens is 311 g/mol. The summed E-state index contributed by atoms with van der Waals surface area (Å²) in [6, 6.07) is -0.450. The number of hydrogen-bond donors (Lipinski definition) is 1. The van der Waals surface area contributed by atoms with E-state index in [9.17, 15) is 18.0 Å². The van der Waals surface area contributed by atoms with Crippen LogP contribution in [0.25, 0.3) is 0 Å². The van der Waals surface area contributed by atoms with Crippen molar-refractivity contribution in [1.82, 2.24) is 15.1 Å². The summed E-state index contributed by atoms with van der Waals surface area (Å²) in [5.41, 5.74) is 0.835. The topological polar surface area (TPSA) is 56.2 Å². The molecule has 130 valence electrons. The molecule has 1 aromatic heterocycles. The Kier molecular flexibility index (Phi) is 5.67. The van der Waals surface area contributed by atoms with Crippen LogP contribution in [0.2, 0.25) is 0 Å². The summed E-state index contributed by atoms with van der Waals surface area (Å²) in [6.45, 7) is 0.181. The van der Waals surface area contributed by atoms with Gasteiger partial charge in [0.05, 0.1) is 12.2 Å². The Morgan fingerprint density at radius 2 is 2.13 bits per heavy atom. The highest BCUT2D eigenvalue weighted by Crippen LogP contribution is 2.34. The fourth-order valence-electron chi connectivity index (χ4n) is 3.15. The van der Waals surface area contributed by atoms with E-state index < -0.39 is 24.6 Å². The molecule has 1 aromatic rings. The van der Waals surface area contributed by atoms with Crippen LogP contribution in [0.15, 0.2) is 6.20 Å². The molecule has 0 radical (unpaired) electrons. The van der Waals surface area contributed by atoms with Crippen molar-refractivity contribution in [2.45, 2.75) is 50.9 Å². The molecule has 0 saturated heterocycles. The molecule has 1 heterocycles. The van der Waals surface area contributed by atoms with Gasteiger partial charge in [-0.25, -0.2) is 0 Å². The van der Waals surface area contributed by atoms with Crippen molar-refractivity contribution in [2.24, 2.45) is 13.0 Å². The summed E-state index contributed by atoms with van der Waals surface area (Å²) in [5.74, 6) is -0.945. The van der Waals surface area contributed by atoms with E-state index in [4.69, 9.17) is 4.74 Å². The second kappa shape index (κ2) is 7.33. The van der Waals surface area contributed by atoms with Crippen LogP contribution in [0, 0.1) is 5.92 Å². The number of nitrogens with one attached hydrogen (secondary N) is 1. The Morgan fingerprint density at radius 1 is 1.43 bits per heavy atom. The van der Waals surface area contributed by atoms with Crippen LogP contribution in [-0.4, -0.2) is 35.0 Å². The minimum atomic E-state index is -4.21. The highest BCUT2D eigenvalue weighted by Gasteiger charge is 2.37. The van der Waals surface area contributed by atoms with E-state index in [-0.39, 0.29) is 12.5 Å². The molecule has 8 heteroatoms. The van der Waals surface area contributed by atoms with Crippen molar-refractivity contribution in [3.63, 3.8) is 0 Å². The van der Waals surface area contributed by atoms with E-state index in [1.54, 1.807) is 13.2 Å². The molecule has 1 amide bonds. The largest absolute Gasteiger partial charge is 0.389 e. The van der Waals surface area contributed by atoms with E-state index in [2.05, 4.69) is 10.4 Å². The lowest BCUT2D eigenvalue weighted by Crippen LogP contribution is -2.43. The van der Waals surface area contributed by atoms with E-state index in [0.29, 0.717) is 24.1 Å². The number of hydrogen-bond acceptors (Lipinski definition) is 3. The highest BCUT2D eigenvalue weighted by atomic mass is 19.4. The van der Waals surface area contributed by atoms with Gasteiger partial charge in [-0.2, -0.15) is 18.3 Å². The number of alkyl halides is 3. The number of halogens is 3. The zero-order valence-corrected chi connectivity index (χ0v) is 13.3. The molecule has 1 aliphatic rings. The monoisotopic (exact) mass is 333 g/mol. The average Bonchev–Trinajstić information content (AvgIpc) is 2.81. The molecule has 23 heavy (non-hydrogen) atoms. The molecule has 0 unspecified atom stereocenters. The number of nitrogens with zero attached hydrogens (tertiary/aromatic N) is 2. The van der Waals surface area contributed by atoms with Crippen molar-refractivity contribution in [1.29, 1.82) is 0 Å². The second-order valence-electron chi connectivity index (χ2n) is 6.04. The van der Waals surface area contributed by atoms with Gasteiger partial charge in [0.2, 0.25) is 0 Å². The van der Waals surface area contributed by atoms with Crippen LogP contribution in [0.1, 0.15) is 48.2 Å². The molecule has 0 spiro atoms. The van der Waals surface area contributed by atoms with E-state index >= 15 is 0 Å². The van der Waals surface area contributed by atoms with Gasteiger partial charge < -0.3 is 10.1 Å². The van der Waals surface area contributed by atoms with Crippen molar-refractivity contribution in [3.05, 3.63) is 17.5 Å². The Bertz CT molecular complexity index is 543. The summed E-state index contributed by atoms with van der Waals surface area (Å²) in [4.78, 5) is 12.4. The Labute approximate surface area is 133 Å².